The van der Waals surface area contributed by atoms with Crippen molar-refractivity contribution < 1.29 is 14.3 Å². The van der Waals surface area contributed by atoms with E-state index >= 15 is 0 Å². The van der Waals surface area contributed by atoms with Crippen molar-refractivity contribution in [3.8, 4) is 11.5 Å². The maximum Gasteiger partial charge on any atom is 0.251 e. The van der Waals surface area contributed by atoms with Gasteiger partial charge >= 0.3 is 0 Å². The Kier molecular flexibility index (Phi) is 6.78. The van der Waals surface area contributed by atoms with Crippen LogP contribution in [0.15, 0.2) is 12.1 Å². The minimum atomic E-state index is -0.249. The largest absolute Gasteiger partial charge is 0.493 e. The highest BCUT2D eigenvalue weighted by molar-refractivity contribution is 6.32. The summed E-state index contributed by atoms with van der Waals surface area (Å²) in [6.07, 6.45) is 4.37. The van der Waals surface area contributed by atoms with Crippen LogP contribution >= 0.6 is 11.6 Å². The van der Waals surface area contributed by atoms with Gasteiger partial charge in [-0.2, -0.15) is 0 Å². The Balaban J connectivity index is 1.71. The van der Waals surface area contributed by atoms with E-state index in [0.717, 1.165) is 37.5 Å². The Hall–Kier alpha value is -2.28. The molecule has 1 aliphatic heterocycles. The van der Waals surface area contributed by atoms with Gasteiger partial charge < -0.3 is 19.4 Å². The summed E-state index contributed by atoms with van der Waals surface area (Å²) in [5.74, 6) is 2.77. The lowest BCUT2D eigenvalue weighted by molar-refractivity contribution is 0.0949. The Morgan fingerprint density at radius 2 is 2.11 bits per heavy atom. The number of ether oxygens (including phenoxy) is 2. The highest BCUT2D eigenvalue weighted by atomic mass is 35.5. The molecule has 0 fully saturated rings. The lowest BCUT2D eigenvalue weighted by Gasteiger charge is -2.15. The van der Waals surface area contributed by atoms with Gasteiger partial charge in [-0.05, 0) is 30.9 Å². The fourth-order valence-electron chi connectivity index (χ4n) is 3.18. The molecule has 1 aromatic carbocycles. The number of hydrogen-bond donors (Lipinski definition) is 1. The van der Waals surface area contributed by atoms with Crippen molar-refractivity contribution in [3.05, 3.63) is 34.4 Å². The highest BCUT2D eigenvalue weighted by Gasteiger charge is 2.18. The number of benzene rings is 1. The molecular weight excluding hydrogens is 380 g/mol. The van der Waals surface area contributed by atoms with Gasteiger partial charge in [0.05, 0.1) is 25.3 Å². The van der Waals surface area contributed by atoms with Crippen LogP contribution in [-0.4, -0.2) is 34.4 Å². The molecule has 152 valence electrons. The summed E-state index contributed by atoms with van der Waals surface area (Å²) in [5.41, 5.74) is 0.411. The smallest absolute Gasteiger partial charge is 0.251 e. The van der Waals surface area contributed by atoms with Crippen LogP contribution < -0.4 is 14.8 Å². The Labute approximate surface area is 170 Å². The second-order valence-corrected chi connectivity index (χ2v) is 7.78. The molecule has 0 radical (unpaired) electrons. The van der Waals surface area contributed by atoms with Crippen molar-refractivity contribution in [1.82, 2.24) is 20.1 Å². The van der Waals surface area contributed by atoms with E-state index in [4.69, 9.17) is 21.1 Å². The third-order valence-corrected chi connectivity index (χ3v) is 4.93. The van der Waals surface area contributed by atoms with Crippen LogP contribution in [0, 0.1) is 5.92 Å². The molecule has 0 unspecified atom stereocenters. The summed E-state index contributed by atoms with van der Waals surface area (Å²) in [5, 5.41) is 11.7. The first kappa shape index (κ1) is 20.5. The van der Waals surface area contributed by atoms with Gasteiger partial charge in [-0.1, -0.05) is 31.9 Å². The van der Waals surface area contributed by atoms with Crippen molar-refractivity contribution in [2.75, 3.05) is 13.7 Å². The molecule has 0 saturated carbocycles. The van der Waals surface area contributed by atoms with Crippen LogP contribution in [0.4, 0.5) is 0 Å². The number of aryl methyl sites for hydroxylation is 1. The number of carbonyl (C=O) groups is 1. The van der Waals surface area contributed by atoms with Crippen molar-refractivity contribution in [1.29, 1.82) is 0 Å². The minimum absolute atomic E-state index is 0.249. The molecule has 2 aromatic rings. The third kappa shape index (κ3) is 4.76. The number of methoxy groups -OCH3 is 1. The molecule has 0 saturated heterocycles. The summed E-state index contributed by atoms with van der Waals surface area (Å²) in [6.45, 7) is 5.83. The summed E-state index contributed by atoms with van der Waals surface area (Å²) >= 11 is 6.34. The number of nitrogens with one attached hydrogen (secondary N) is 1. The first-order chi connectivity index (χ1) is 13.5. The number of carbonyl (C=O) groups excluding carboxylic acids is 1. The normalized spacial score (nSPS) is 13.8. The SMILES string of the molecule is COc1cc(C(=O)NCc2nnc3n2CCCCC3)cc(Cl)c1OCC(C)C. The average Bonchev–Trinajstić information content (AvgIpc) is 2.90. The van der Waals surface area contributed by atoms with Crippen LogP contribution in [0.2, 0.25) is 5.02 Å². The fourth-order valence-corrected chi connectivity index (χ4v) is 3.44. The summed E-state index contributed by atoms with van der Waals surface area (Å²) in [7, 11) is 1.53. The van der Waals surface area contributed by atoms with Crippen molar-refractivity contribution in [2.45, 2.75) is 52.6 Å². The number of nitrogens with zero attached hydrogens (tertiary/aromatic N) is 3. The van der Waals surface area contributed by atoms with Gasteiger partial charge in [-0.25, -0.2) is 0 Å². The van der Waals surface area contributed by atoms with Crippen LogP contribution in [0.3, 0.4) is 0 Å². The van der Waals surface area contributed by atoms with Crippen molar-refractivity contribution >= 4 is 17.5 Å². The maximum atomic E-state index is 12.7. The third-order valence-electron chi connectivity index (χ3n) is 4.65. The average molecular weight is 407 g/mol. The summed E-state index contributed by atoms with van der Waals surface area (Å²) in [6, 6.07) is 3.24. The summed E-state index contributed by atoms with van der Waals surface area (Å²) < 4.78 is 13.2. The van der Waals surface area contributed by atoms with Crippen LogP contribution in [0.1, 0.15) is 55.1 Å². The first-order valence-corrected chi connectivity index (χ1v) is 10.1. The van der Waals surface area contributed by atoms with E-state index in [9.17, 15) is 4.79 Å². The standard InChI is InChI=1S/C20H27ClN4O3/c1-13(2)12-28-19-15(21)9-14(10-16(19)27-3)20(26)22-11-18-24-23-17-7-5-4-6-8-25(17)18/h9-10,13H,4-8,11-12H2,1-3H3,(H,22,26). The quantitative estimate of drug-likeness (QED) is 0.759. The van der Waals surface area contributed by atoms with E-state index < -0.39 is 0 Å². The maximum absolute atomic E-state index is 12.7. The number of amides is 1. The number of fused-ring (bicyclic) bond motifs is 1. The van der Waals surface area contributed by atoms with E-state index in [1.54, 1.807) is 12.1 Å². The Morgan fingerprint density at radius 1 is 1.29 bits per heavy atom. The highest BCUT2D eigenvalue weighted by Crippen LogP contribution is 2.36. The van der Waals surface area contributed by atoms with Crippen molar-refractivity contribution in [3.63, 3.8) is 0 Å². The zero-order chi connectivity index (χ0) is 20.1. The van der Waals surface area contributed by atoms with Crippen LogP contribution in [0.5, 0.6) is 11.5 Å². The van der Waals surface area contributed by atoms with E-state index in [1.165, 1.54) is 13.5 Å². The zero-order valence-corrected chi connectivity index (χ0v) is 17.4. The molecule has 0 atom stereocenters. The molecular formula is C20H27ClN4O3. The lowest BCUT2D eigenvalue weighted by atomic mass is 10.1. The van der Waals surface area contributed by atoms with Gasteiger partial charge in [0.15, 0.2) is 17.3 Å². The monoisotopic (exact) mass is 406 g/mol. The molecule has 1 aliphatic rings. The predicted octanol–water partition coefficient (Wildman–Crippen LogP) is 3.63. The molecule has 1 aromatic heterocycles. The zero-order valence-electron chi connectivity index (χ0n) is 16.6. The van der Waals surface area contributed by atoms with E-state index in [1.807, 2.05) is 13.8 Å². The lowest BCUT2D eigenvalue weighted by Crippen LogP contribution is -2.25. The predicted molar refractivity (Wildman–Crippen MR) is 107 cm³/mol. The molecule has 28 heavy (non-hydrogen) atoms. The van der Waals surface area contributed by atoms with Crippen LogP contribution in [-0.2, 0) is 19.5 Å². The van der Waals surface area contributed by atoms with E-state index in [2.05, 4.69) is 20.1 Å². The van der Waals surface area contributed by atoms with E-state index in [0.29, 0.717) is 41.2 Å². The van der Waals surface area contributed by atoms with Gasteiger partial charge in [-0.3, -0.25) is 4.79 Å². The summed E-state index contributed by atoms with van der Waals surface area (Å²) in [4.78, 5) is 12.7. The van der Waals surface area contributed by atoms with E-state index in [-0.39, 0.29) is 5.91 Å². The van der Waals surface area contributed by atoms with Crippen LogP contribution in [0.25, 0.3) is 0 Å². The molecule has 2 heterocycles. The number of hydrogen-bond acceptors (Lipinski definition) is 5. The number of aromatic nitrogens is 3. The second kappa shape index (κ2) is 9.28. The van der Waals surface area contributed by atoms with Gasteiger partial charge in [0.25, 0.3) is 5.91 Å². The molecule has 8 heteroatoms. The molecule has 0 bridgehead atoms. The Morgan fingerprint density at radius 3 is 2.86 bits per heavy atom. The molecule has 1 amide bonds. The molecule has 1 N–H and O–H groups in total. The number of rotatable bonds is 7. The van der Waals surface area contributed by atoms with Crippen molar-refractivity contribution in [2.24, 2.45) is 5.92 Å². The second-order valence-electron chi connectivity index (χ2n) is 7.37. The molecule has 7 nitrogen and oxygen atoms in total. The molecule has 0 spiro atoms. The number of halogens is 1. The topological polar surface area (TPSA) is 78.3 Å². The minimum Gasteiger partial charge on any atom is -0.493 e. The molecule has 0 aliphatic carbocycles. The van der Waals surface area contributed by atoms with Gasteiger partial charge in [0, 0.05) is 18.5 Å². The van der Waals surface area contributed by atoms with Gasteiger partial charge in [-0.15, -0.1) is 10.2 Å². The Bertz CT molecular complexity index is 835. The fraction of sp³-hybridized carbons (Fsp3) is 0.550. The van der Waals surface area contributed by atoms with Gasteiger partial charge in [0.2, 0.25) is 0 Å². The molecule has 3 rings (SSSR count). The first-order valence-electron chi connectivity index (χ1n) is 9.69. The van der Waals surface area contributed by atoms with Gasteiger partial charge in [0.1, 0.15) is 5.82 Å².